The van der Waals surface area contributed by atoms with Gasteiger partial charge < -0.3 is 0 Å². The summed E-state index contributed by atoms with van der Waals surface area (Å²) in [5.41, 5.74) is -5.33. The summed E-state index contributed by atoms with van der Waals surface area (Å²) in [5.74, 6) is 0. The molecule has 0 fully saturated rings. The van der Waals surface area contributed by atoms with E-state index in [9.17, 15) is 26.3 Å². The van der Waals surface area contributed by atoms with Crippen LogP contribution in [0, 0.1) is 0 Å². The van der Waals surface area contributed by atoms with Crippen molar-refractivity contribution in [3.63, 3.8) is 0 Å². The van der Waals surface area contributed by atoms with E-state index in [1.165, 1.54) is 36.4 Å². The molecule has 0 saturated heterocycles. The Bertz CT molecular complexity index is 650. The molecule has 0 aromatic heterocycles. The summed E-state index contributed by atoms with van der Waals surface area (Å²) in [5, 5.41) is 0. The van der Waals surface area contributed by atoms with Crippen LogP contribution in [0.2, 0.25) is 0 Å². The van der Waals surface area contributed by atoms with E-state index in [1.807, 2.05) is 0 Å². The number of alkyl halides is 6. The molecule has 0 unspecified atom stereocenters. The lowest BCUT2D eigenvalue weighted by molar-refractivity contribution is -0.289. The van der Waals surface area contributed by atoms with Crippen LogP contribution in [0.1, 0.15) is 22.3 Å². The summed E-state index contributed by atoms with van der Waals surface area (Å²) >= 11 is 0. The zero-order chi connectivity index (χ0) is 16.2. The zero-order valence-electron chi connectivity index (χ0n) is 11.1. The van der Waals surface area contributed by atoms with E-state index in [4.69, 9.17) is 0 Å². The van der Waals surface area contributed by atoms with Crippen molar-refractivity contribution in [2.75, 3.05) is 0 Å². The third-order valence-corrected chi connectivity index (χ3v) is 4.07. The summed E-state index contributed by atoms with van der Waals surface area (Å²) in [6.45, 7) is 0. The van der Waals surface area contributed by atoms with Crippen molar-refractivity contribution in [3.8, 4) is 0 Å². The Morgan fingerprint density at radius 2 is 1.00 bits per heavy atom. The van der Waals surface area contributed by atoms with E-state index in [0.717, 1.165) is 12.1 Å². The molecule has 0 bridgehead atoms. The molecular formula is C16H10F6. The van der Waals surface area contributed by atoms with Gasteiger partial charge in [-0.05, 0) is 28.7 Å². The predicted molar refractivity (Wildman–Crippen MR) is 68.6 cm³/mol. The third-order valence-electron chi connectivity index (χ3n) is 4.07. The molecule has 2 aromatic rings. The van der Waals surface area contributed by atoms with E-state index >= 15 is 0 Å². The van der Waals surface area contributed by atoms with Gasteiger partial charge in [-0.1, -0.05) is 48.5 Å². The SMILES string of the molecule is FC(F)(F)C1(C(F)(F)F)c2ccccc2Cc2ccccc21. The molecule has 1 aliphatic carbocycles. The first-order valence-corrected chi connectivity index (χ1v) is 6.50. The fraction of sp³-hybridized carbons (Fsp3) is 0.250. The van der Waals surface area contributed by atoms with Gasteiger partial charge in [-0.3, -0.25) is 0 Å². The van der Waals surface area contributed by atoms with Gasteiger partial charge in [0.25, 0.3) is 0 Å². The number of benzene rings is 2. The third kappa shape index (κ3) is 1.79. The molecule has 3 rings (SSSR count). The monoisotopic (exact) mass is 316 g/mol. The summed E-state index contributed by atoms with van der Waals surface area (Å²) in [6.07, 6.45) is -10.9. The van der Waals surface area contributed by atoms with Gasteiger partial charge in [-0.2, -0.15) is 26.3 Å². The molecule has 22 heavy (non-hydrogen) atoms. The Morgan fingerprint density at radius 3 is 1.36 bits per heavy atom. The van der Waals surface area contributed by atoms with E-state index in [0.29, 0.717) is 0 Å². The second-order valence-corrected chi connectivity index (χ2v) is 5.24. The van der Waals surface area contributed by atoms with Crippen LogP contribution in [0.15, 0.2) is 48.5 Å². The lowest BCUT2D eigenvalue weighted by atomic mass is 9.65. The highest BCUT2D eigenvalue weighted by atomic mass is 19.4. The minimum Gasteiger partial charge on any atom is -0.169 e. The minimum absolute atomic E-state index is 0.0517. The molecule has 0 saturated carbocycles. The maximum absolute atomic E-state index is 13.7. The summed E-state index contributed by atoms with van der Waals surface area (Å²) in [4.78, 5) is 0. The Hall–Kier alpha value is -1.98. The fourth-order valence-corrected chi connectivity index (χ4v) is 3.20. The van der Waals surface area contributed by atoms with Crippen molar-refractivity contribution in [2.24, 2.45) is 0 Å². The Labute approximate surface area is 122 Å². The van der Waals surface area contributed by atoms with Gasteiger partial charge in [0, 0.05) is 0 Å². The Kier molecular flexibility index (Phi) is 3.06. The van der Waals surface area contributed by atoms with Crippen LogP contribution in [-0.2, 0) is 11.8 Å². The van der Waals surface area contributed by atoms with Crippen LogP contribution < -0.4 is 0 Å². The normalized spacial score (nSPS) is 16.8. The summed E-state index contributed by atoms with van der Waals surface area (Å²) in [6, 6.07) is 9.79. The Balaban J connectivity index is 2.48. The minimum atomic E-state index is -5.49. The standard InChI is InChI=1S/C16H10F6/c17-15(18,19)14(16(20,21)22)12-7-3-1-5-10(12)9-11-6-2-4-8-13(11)14/h1-8H,9H2. The number of fused-ring (bicyclic) bond motifs is 2. The van der Waals surface area contributed by atoms with Crippen molar-refractivity contribution in [2.45, 2.75) is 24.2 Å². The van der Waals surface area contributed by atoms with Gasteiger partial charge in [0.2, 0.25) is 5.41 Å². The average Bonchev–Trinajstić information content (AvgIpc) is 2.41. The molecule has 1 aliphatic rings. The van der Waals surface area contributed by atoms with Gasteiger partial charge in [0.05, 0.1) is 0 Å². The molecule has 6 heteroatoms. The molecule has 0 atom stereocenters. The maximum atomic E-state index is 13.7. The van der Waals surface area contributed by atoms with E-state index in [2.05, 4.69) is 0 Å². The lowest BCUT2D eigenvalue weighted by Gasteiger charge is -2.43. The highest BCUT2D eigenvalue weighted by molar-refractivity contribution is 5.56. The molecular weight excluding hydrogens is 306 g/mol. The van der Waals surface area contributed by atoms with E-state index in [-0.39, 0.29) is 17.5 Å². The van der Waals surface area contributed by atoms with Crippen LogP contribution >= 0.6 is 0 Å². The zero-order valence-corrected chi connectivity index (χ0v) is 11.1. The van der Waals surface area contributed by atoms with Crippen LogP contribution in [0.5, 0.6) is 0 Å². The van der Waals surface area contributed by atoms with Crippen molar-refractivity contribution in [1.29, 1.82) is 0 Å². The number of halogens is 6. The number of rotatable bonds is 0. The quantitative estimate of drug-likeness (QED) is 0.600. The maximum Gasteiger partial charge on any atom is 0.411 e. The summed E-state index contributed by atoms with van der Waals surface area (Å²) in [7, 11) is 0. The molecule has 0 aliphatic heterocycles. The molecule has 0 radical (unpaired) electrons. The van der Waals surface area contributed by atoms with Gasteiger partial charge in [0.1, 0.15) is 0 Å². The molecule has 116 valence electrons. The van der Waals surface area contributed by atoms with Crippen molar-refractivity contribution in [1.82, 2.24) is 0 Å². The largest absolute Gasteiger partial charge is 0.411 e. The molecule has 0 nitrogen and oxygen atoms in total. The fourth-order valence-electron chi connectivity index (χ4n) is 3.20. The first-order chi connectivity index (χ1) is 10.2. The molecule has 0 spiro atoms. The topological polar surface area (TPSA) is 0 Å². The van der Waals surface area contributed by atoms with Crippen molar-refractivity contribution in [3.05, 3.63) is 70.8 Å². The van der Waals surface area contributed by atoms with Gasteiger partial charge >= 0.3 is 12.4 Å². The Morgan fingerprint density at radius 1 is 0.636 bits per heavy atom. The second kappa shape index (κ2) is 4.51. The first kappa shape index (κ1) is 14.9. The number of hydrogen-bond donors (Lipinski definition) is 0. The van der Waals surface area contributed by atoms with Gasteiger partial charge in [-0.25, -0.2) is 0 Å². The number of hydrogen-bond acceptors (Lipinski definition) is 0. The van der Waals surface area contributed by atoms with Crippen LogP contribution in [0.25, 0.3) is 0 Å². The van der Waals surface area contributed by atoms with E-state index < -0.39 is 28.9 Å². The van der Waals surface area contributed by atoms with Gasteiger partial charge in [0.15, 0.2) is 0 Å². The second-order valence-electron chi connectivity index (χ2n) is 5.24. The highest BCUT2D eigenvalue weighted by Gasteiger charge is 2.74. The van der Waals surface area contributed by atoms with E-state index in [1.54, 1.807) is 0 Å². The van der Waals surface area contributed by atoms with Crippen molar-refractivity contribution < 1.29 is 26.3 Å². The van der Waals surface area contributed by atoms with Crippen molar-refractivity contribution >= 4 is 0 Å². The van der Waals surface area contributed by atoms with Gasteiger partial charge in [-0.15, -0.1) is 0 Å². The lowest BCUT2D eigenvalue weighted by Crippen LogP contribution is -2.56. The molecule has 0 N–H and O–H groups in total. The molecule has 0 heterocycles. The predicted octanol–water partition coefficient (Wildman–Crippen LogP) is 5.00. The molecule has 2 aromatic carbocycles. The highest BCUT2D eigenvalue weighted by Crippen LogP contribution is 2.59. The molecule has 0 amide bonds. The average molecular weight is 316 g/mol. The van der Waals surface area contributed by atoms with Crippen LogP contribution in [0.4, 0.5) is 26.3 Å². The first-order valence-electron chi connectivity index (χ1n) is 6.50. The summed E-state index contributed by atoms with van der Waals surface area (Å²) < 4.78 is 82.4. The smallest absolute Gasteiger partial charge is 0.169 e. The van der Waals surface area contributed by atoms with Crippen LogP contribution in [-0.4, -0.2) is 12.4 Å². The van der Waals surface area contributed by atoms with Crippen LogP contribution in [0.3, 0.4) is 0 Å².